The Kier molecular flexibility index (Phi) is 6.77. The van der Waals surface area contributed by atoms with Gasteiger partial charge in [0.25, 0.3) is 0 Å². The van der Waals surface area contributed by atoms with Gasteiger partial charge in [-0.25, -0.2) is 0 Å². The number of likely N-dealkylation sites (tertiary alicyclic amines) is 1. The van der Waals surface area contributed by atoms with Crippen molar-refractivity contribution in [2.75, 3.05) is 20.2 Å². The number of amides is 3. The summed E-state index contributed by atoms with van der Waals surface area (Å²) in [7, 11) is 1.59. The van der Waals surface area contributed by atoms with Gasteiger partial charge in [-0.05, 0) is 46.0 Å². The van der Waals surface area contributed by atoms with Crippen LogP contribution >= 0.6 is 0 Å². The summed E-state index contributed by atoms with van der Waals surface area (Å²) in [5.74, 6) is -1.69. The number of aliphatic hydroxyl groups excluding tert-OH is 1. The molecule has 0 aromatic rings. The lowest BCUT2D eigenvalue weighted by Crippen LogP contribution is -2.56. The second-order valence-electron chi connectivity index (χ2n) is 9.28. The molecule has 0 aromatic carbocycles. The number of nitrogens with one attached hydrogen (secondary N) is 2. The topological polar surface area (TPSA) is 108 Å². The van der Waals surface area contributed by atoms with Crippen LogP contribution in [0.4, 0.5) is 0 Å². The molecular formula is C22H37N3O5. The molecule has 3 N–H and O–H groups in total. The Hall–Kier alpha value is -1.67. The van der Waals surface area contributed by atoms with Gasteiger partial charge in [-0.1, -0.05) is 19.8 Å². The second-order valence-corrected chi connectivity index (χ2v) is 9.28. The van der Waals surface area contributed by atoms with Crippen molar-refractivity contribution >= 4 is 17.7 Å². The molecular weight excluding hydrogens is 386 g/mol. The van der Waals surface area contributed by atoms with E-state index in [1.165, 1.54) is 0 Å². The minimum absolute atomic E-state index is 0.0528. The Labute approximate surface area is 179 Å². The molecule has 3 fully saturated rings. The van der Waals surface area contributed by atoms with Crippen molar-refractivity contribution in [1.82, 2.24) is 15.5 Å². The van der Waals surface area contributed by atoms with E-state index in [4.69, 9.17) is 9.84 Å². The minimum atomic E-state index is -0.936. The molecule has 0 aromatic heterocycles. The van der Waals surface area contributed by atoms with Crippen LogP contribution in [0, 0.1) is 11.8 Å². The average Bonchev–Trinajstić information content (AvgIpc) is 3.30. The monoisotopic (exact) mass is 423 g/mol. The number of carbonyl (C=O) groups is 3. The molecule has 3 aliphatic rings. The van der Waals surface area contributed by atoms with Crippen molar-refractivity contribution < 1.29 is 24.2 Å². The van der Waals surface area contributed by atoms with Crippen molar-refractivity contribution in [3.05, 3.63) is 0 Å². The van der Waals surface area contributed by atoms with E-state index in [2.05, 4.69) is 10.6 Å². The van der Waals surface area contributed by atoms with Crippen molar-refractivity contribution in [2.24, 2.45) is 11.8 Å². The van der Waals surface area contributed by atoms with Gasteiger partial charge in [-0.15, -0.1) is 0 Å². The molecule has 30 heavy (non-hydrogen) atoms. The number of nitrogens with zero attached hydrogens (tertiary/aromatic N) is 1. The van der Waals surface area contributed by atoms with Gasteiger partial charge < -0.3 is 25.4 Å². The highest BCUT2D eigenvalue weighted by Crippen LogP contribution is 2.64. The standard InChI is InChI=1S/C22H37N3O5/c1-5-21-10-11-22(30-21)16(15(21)18(27)23-4)20(29)25(12-8-6-7-9-13-26)17(22)19(28)24-14(2)3/h14-17,26H,5-13H2,1-4H3,(H,23,27)(H,24,28)/t15-,16+,17?,21+,22?/m1/s1. The molecule has 3 heterocycles. The van der Waals surface area contributed by atoms with Crippen molar-refractivity contribution in [1.29, 1.82) is 0 Å². The molecule has 0 radical (unpaired) electrons. The SMILES string of the molecule is CC[C@@]12CCC3(O1)C(C(=O)NC(C)C)N(CCCCCCO)C(=O)[C@@H]3[C@@H]2C(=O)NC. The predicted octanol–water partition coefficient (Wildman–Crippen LogP) is 0.965. The Balaban J connectivity index is 1.93. The first kappa shape index (κ1) is 23.0. The van der Waals surface area contributed by atoms with Crippen LogP contribution in [0.3, 0.4) is 0 Å². The lowest BCUT2D eigenvalue weighted by atomic mass is 9.65. The van der Waals surface area contributed by atoms with Crippen molar-refractivity contribution in [2.45, 2.75) is 89.0 Å². The fraction of sp³-hybridized carbons (Fsp3) is 0.864. The van der Waals surface area contributed by atoms with E-state index in [1.54, 1.807) is 11.9 Å². The molecule has 5 atom stereocenters. The van der Waals surface area contributed by atoms with Crippen molar-refractivity contribution in [3.8, 4) is 0 Å². The quantitative estimate of drug-likeness (QED) is 0.454. The molecule has 0 aliphatic carbocycles. The summed E-state index contributed by atoms with van der Waals surface area (Å²) in [5.41, 5.74) is -1.61. The third-order valence-electron chi connectivity index (χ3n) is 7.20. The Morgan fingerprint density at radius 3 is 2.50 bits per heavy atom. The largest absolute Gasteiger partial charge is 0.396 e. The van der Waals surface area contributed by atoms with Crippen LogP contribution in [0.25, 0.3) is 0 Å². The Bertz CT molecular complexity index is 684. The van der Waals surface area contributed by atoms with E-state index in [0.29, 0.717) is 25.8 Å². The zero-order chi connectivity index (χ0) is 22.1. The normalized spacial score (nSPS) is 34.5. The highest BCUT2D eigenvalue weighted by atomic mass is 16.5. The lowest BCUT2D eigenvalue weighted by Gasteiger charge is -2.34. The van der Waals surface area contributed by atoms with Crippen LogP contribution in [-0.4, -0.2) is 71.2 Å². The summed E-state index contributed by atoms with van der Waals surface area (Å²) in [6, 6.07) is -0.763. The van der Waals surface area contributed by atoms with Gasteiger partial charge in [0.15, 0.2) is 0 Å². The zero-order valence-corrected chi connectivity index (χ0v) is 18.7. The summed E-state index contributed by atoms with van der Waals surface area (Å²) in [6.45, 7) is 6.41. The fourth-order valence-electron chi connectivity index (χ4n) is 5.92. The molecule has 170 valence electrons. The number of fused-ring (bicyclic) bond motifs is 1. The molecule has 2 bridgehead atoms. The zero-order valence-electron chi connectivity index (χ0n) is 18.7. The summed E-state index contributed by atoms with van der Waals surface area (Å²) in [4.78, 5) is 41.4. The summed E-state index contributed by atoms with van der Waals surface area (Å²) >= 11 is 0. The number of ether oxygens (including phenoxy) is 1. The smallest absolute Gasteiger partial charge is 0.246 e. The molecule has 3 rings (SSSR count). The summed E-state index contributed by atoms with van der Waals surface area (Å²) in [6.07, 6.45) is 5.17. The van der Waals surface area contributed by atoms with Gasteiger partial charge in [0, 0.05) is 26.2 Å². The molecule has 8 nitrogen and oxygen atoms in total. The fourth-order valence-corrected chi connectivity index (χ4v) is 5.92. The average molecular weight is 424 g/mol. The maximum atomic E-state index is 13.6. The Morgan fingerprint density at radius 1 is 1.20 bits per heavy atom. The maximum absolute atomic E-state index is 13.6. The molecule has 2 unspecified atom stereocenters. The first-order valence-electron chi connectivity index (χ1n) is 11.4. The van der Waals surface area contributed by atoms with E-state index < -0.39 is 29.1 Å². The number of aliphatic hydroxyl groups is 1. The number of hydrogen-bond acceptors (Lipinski definition) is 5. The van der Waals surface area contributed by atoms with Gasteiger partial charge >= 0.3 is 0 Å². The van der Waals surface area contributed by atoms with Crippen LogP contribution in [0.1, 0.15) is 65.7 Å². The molecule has 3 aliphatic heterocycles. The van der Waals surface area contributed by atoms with Gasteiger partial charge in [0.05, 0.1) is 17.4 Å². The molecule has 3 amide bonds. The third kappa shape index (κ3) is 3.51. The first-order chi connectivity index (χ1) is 14.3. The van der Waals surface area contributed by atoms with E-state index in [-0.39, 0.29) is 30.4 Å². The predicted molar refractivity (Wildman–Crippen MR) is 111 cm³/mol. The van der Waals surface area contributed by atoms with Gasteiger partial charge in [-0.2, -0.15) is 0 Å². The van der Waals surface area contributed by atoms with Crippen LogP contribution < -0.4 is 10.6 Å². The van der Waals surface area contributed by atoms with E-state index in [0.717, 1.165) is 25.7 Å². The second kappa shape index (κ2) is 8.83. The van der Waals surface area contributed by atoms with Gasteiger partial charge in [0.1, 0.15) is 11.6 Å². The van der Waals surface area contributed by atoms with Crippen LogP contribution in [0.15, 0.2) is 0 Å². The number of hydrogen-bond donors (Lipinski definition) is 3. The lowest BCUT2D eigenvalue weighted by molar-refractivity contribution is -0.147. The Morgan fingerprint density at radius 2 is 1.90 bits per heavy atom. The van der Waals surface area contributed by atoms with Crippen LogP contribution in [0.5, 0.6) is 0 Å². The molecule has 8 heteroatoms. The molecule has 0 saturated carbocycles. The molecule has 3 saturated heterocycles. The van der Waals surface area contributed by atoms with Crippen molar-refractivity contribution in [3.63, 3.8) is 0 Å². The summed E-state index contributed by atoms with van der Waals surface area (Å²) < 4.78 is 6.60. The van der Waals surface area contributed by atoms with Crippen LogP contribution in [0.2, 0.25) is 0 Å². The highest BCUT2D eigenvalue weighted by Gasteiger charge is 2.78. The van der Waals surface area contributed by atoms with Gasteiger partial charge in [-0.3, -0.25) is 14.4 Å². The van der Waals surface area contributed by atoms with E-state index in [9.17, 15) is 14.4 Å². The van der Waals surface area contributed by atoms with Crippen LogP contribution in [-0.2, 0) is 19.1 Å². The molecule has 1 spiro atoms. The van der Waals surface area contributed by atoms with E-state index in [1.807, 2.05) is 20.8 Å². The first-order valence-corrected chi connectivity index (χ1v) is 11.4. The number of rotatable bonds is 10. The van der Waals surface area contributed by atoms with Gasteiger partial charge in [0.2, 0.25) is 17.7 Å². The summed E-state index contributed by atoms with van der Waals surface area (Å²) in [5, 5.41) is 14.7. The third-order valence-corrected chi connectivity index (χ3v) is 7.20. The number of unbranched alkanes of at least 4 members (excludes halogenated alkanes) is 3. The highest BCUT2D eigenvalue weighted by molar-refractivity contribution is 5.99. The van der Waals surface area contributed by atoms with E-state index >= 15 is 0 Å². The minimum Gasteiger partial charge on any atom is -0.396 e. The number of carbonyl (C=O) groups excluding carboxylic acids is 3. The maximum Gasteiger partial charge on any atom is 0.246 e.